The van der Waals surface area contributed by atoms with Crippen LogP contribution in [0.4, 0.5) is 5.69 Å². The second-order valence-electron chi connectivity index (χ2n) is 6.62. The molecule has 6 heteroatoms. The van der Waals surface area contributed by atoms with E-state index >= 15 is 0 Å². The predicted octanol–water partition coefficient (Wildman–Crippen LogP) is 1.96. The molecule has 1 aliphatic rings. The summed E-state index contributed by atoms with van der Waals surface area (Å²) >= 11 is 0. The van der Waals surface area contributed by atoms with Crippen LogP contribution < -0.4 is 16.9 Å². The van der Waals surface area contributed by atoms with Crippen LogP contribution in [0.3, 0.4) is 0 Å². The molecule has 1 saturated carbocycles. The largest absolute Gasteiger partial charge is 0.393 e. The first-order valence-electron chi connectivity index (χ1n) is 7.59. The van der Waals surface area contributed by atoms with Gasteiger partial charge in [-0.15, -0.1) is 0 Å². The number of hydrogen-bond donors (Lipinski definition) is 3. The second-order valence-corrected chi connectivity index (χ2v) is 6.62. The van der Waals surface area contributed by atoms with Crippen LogP contribution in [0, 0.1) is 5.41 Å². The molecule has 1 aromatic heterocycles. The topological polar surface area (TPSA) is 97.3 Å². The number of carbonyl (C=O) groups is 1. The van der Waals surface area contributed by atoms with Crippen LogP contribution in [0.15, 0.2) is 36.4 Å². The van der Waals surface area contributed by atoms with Gasteiger partial charge in [-0.3, -0.25) is 9.78 Å². The summed E-state index contributed by atoms with van der Waals surface area (Å²) in [6.45, 7) is 4.55. The quantitative estimate of drug-likeness (QED) is 0.449. The zero-order chi connectivity index (χ0) is 16.2. The fraction of sp³-hybridized carbons (Fsp3) is 0.500. The molecule has 0 atom stereocenters. The Morgan fingerprint density at radius 3 is 2.73 bits per heavy atom. The minimum atomic E-state index is -0.375. The number of hydrazine groups is 1. The van der Waals surface area contributed by atoms with Crippen molar-refractivity contribution in [3.05, 3.63) is 36.4 Å². The minimum absolute atomic E-state index is 0.0937. The molecule has 1 aromatic rings. The molecule has 5 N–H and O–H groups in total. The summed E-state index contributed by atoms with van der Waals surface area (Å²) in [4.78, 5) is 16.0. The fourth-order valence-electron chi connectivity index (χ4n) is 2.65. The molecule has 1 aliphatic carbocycles. The van der Waals surface area contributed by atoms with Gasteiger partial charge in [-0.2, -0.15) is 0 Å². The summed E-state index contributed by atoms with van der Waals surface area (Å²) in [6, 6.07) is 3.73. The first-order chi connectivity index (χ1) is 10.4. The molecular weight excluding hydrogens is 278 g/mol. The first kappa shape index (κ1) is 16.3. The third-order valence-electron chi connectivity index (χ3n) is 4.20. The van der Waals surface area contributed by atoms with Gasteiger partial charge in [0, 0.05) is 18.4 Å². The maximum absolute atomic E-state index is 12.0. The van der Waals surface area contributed by atoms with Gasteiger partial charge in [0.1, 0.15) is 5.70 Å². The highest BCUT2D eigenvalue weighted by Gasteiger charge is 2.28. The van der Waals surface area contributed by atoms with Gasteiger partial charge in [0.25, 0.3) is 5.91 Å². The number of nitrogens with two attached hydrogens (primary N) is 2. The number of rotatable bonds is 4. The van der Waals surface area contributed by atoms with Crippen molar-refractivity contribution in [2.75, 3.05) is 5.32 Å². The summed E-state index contributed by atoms with van der Waals surface area (Å²) in [6.07, 6.45) is 9.00. The molecule has 0 saturated heterocycles. The van der Waals surface area contributed by atoms with E-state index in [4.69, 9.17) is 11.6 Å². The number of anilines is 1. The highest BCUT2D eigenvalue weighted by atomic mass is 16.2. The lowest BCUT2D eigenvalue weighted by molar-refractivity contribution is -0.113. The van der Waals surface area contributed by atoms with E-state index in [9.17, 15) is 4.79 Å². The SMILES string of the molecule is CC1(C)CCC(N(N)/C=C(\N)C(=O)Nc2cccnc2)CC1. The number of nitrogens with zero attached hydrogens (tertiary/aromatic N) is 2. The van der Waals surface area contributed by atoms with Gasteiger partial charge < -0.3 is 16.1 Å². The maximum Gasteiger partial charge on any atom is 0.273 e. The van der Waals surface area contributed by atoms with E-state index in [0.717, 1.165) is 25.7 Å². The number of pyridine rings is 1. The molecule has 0 spiro atoms. The van der Waals surface area contributed by atoms with Crippen molar-refractivity contribution in [1.82, 2.24) is 9.99 Å². The third-order valence-corrected chi connectivity index (χ3v) is 4.20. The summed E-state index contributed by atoms with van der Waals surface area (Å²) in [5.41, 5.74) is 6.91. The molecule has 6 nitrogen and oxygen atoms in total. The van der Waals surface area contributed by atoms with Crippen LogP contribution >= 0.6 is 0 Å². The summed E-state index contributed by atoms with van der Waals surface area (Å²) in [5.74, 6) is 5.68. The summed E-state index contributed by atoms with van der Waals surface area (Å²) in [7, 11) is 0. The monoisotopic (exact) mass is 303 g/mol. The van der Waals surface area contributed by atoms with Crippen LogP contribution in [0.2, 0.25) is 0 Å². The van der Waals surface area contributed by atoms with Crippen LogP contribution in [0.5, 0.6) is 0 Å². The van der Waals surface area contributed by atoms with Gasteiger partial charge in [0.05, 0.1) is 11.9 Å². The number of nitrogens with one attached hydrogen (secondary N) is 1. The Morgan fingerprint density at radius 2 is 2.14 bits per heavy atom. The van der Waals surface area contributed by atoms with E-state index in [0.29, 0.717) is 11.1 Å². The van der Waals surface area contributed by atoms with Crippen molar-refractivity contribution in [3.63, 3.8) is 0 Å². The molecule has 2 rings (SSSR count). The van der Waals surface area contributed by atoms with Crippen molar-refractivity contribution in [2.24, 2.45) is 17.0 Å². The Kier molecular flexibility index (Phi) is 5.03. The molecule has 0 radical (unpaired) electrons. The van der Waals surface area contributed by atoms with Gasteiger partial charge in [0.2, 0.25) is 0 Å². The van der Waals surface area contributed by atoms with Crippen molar-refractivity contribution < 1.29 is 4.79 Å². The van der Waals surface area contributed by atoms with Crippen LogP contribution in [0.1, 0.15) is 39.5 Å². The van der Waals surface area contributed by atoms with Crippen LogP contribution in [0.25, 0.3) is 0 Å². The smallest absolute Gasteiger partial charge is 0.273 e. The number of carbonyl (C=O) groups excluding carboxylic acids is 1. The molecule has 0 aromatic carbocycles. The molecule has 120 valence electrons. The average molecular weight is 303 g/mol. The van der Waals surface area contributed by atoms with Gasteiger partial charge in [-0.05, 0) is 43.2 Å². The van der Waals surface area contributed by atoms with E-state index < -0.39 is 0 Å². The lowest BCUT2D eigenvalue weighted by atomic mass is 9.75. The highest BCUT2D eigenvalue weighted by Crippen LogP contribution is 2.36. The van der Waals surface area contributed by atoms with Crippen molar-refractivity contribution >= 4 is 11.6 Å². The van der Waals surface area contributed by atoms with Gasteiger partial charge >= 0.3 is 0 Å². The molecular formula is C16H25N5O. The summed E-state index contributed by atoms with van der Waals surface area (Å²) < 4.78 is 0. The Balaban J connectivity index is 1.92. The second kappa shape index (κ2) is 6.79. The Labute approximate surface area is 131 Å². The van der Waals surface area contributed by atoms with Crippen LogP contribution in [-0.4, -0.2) is 21.9 Å². The van der Waals surface area contributed by atoms with Crippen molar-refractivity contribution in [3.8, 4) is 0 Å². The van der Waals surface area contributed by atoms with Crippen LogP contribution in [-0.2, 0) is 4.79 Å². The van der Waals surface area contributed by atoms with Crippen molar-refractivity contribution in [2.45, 2.75) is 45.6 Å². The standard InChI is InChI=1S/C16H25N5O/c1-16(2)7-5-13(6-8-16)21(18)11-14(17)15(22)20-12-4-3-9-19-10-12/h3-4,9-11,13H,5-8,17-18H2,1-2H3,(H,20,22)/b14-11-. The van der Waals surface area contributed by atoms with Crippen molar-refractivity contribution in [1.29, 1.82) is 0 Å². The predicted molar refractivity (Wildman–Crippen MR) is 87.2 cm³/mol. The summed E-state index contributed by atoms with van der Waals surface area (Å²) in [5, 5.41) is 4.26. The van der Waals surface area contributed by atoms with E-state index in [1.165, 1.54) is 6.20 Å². The highest BCUT2D eigenvalue weighted by molar-refractivity contribution is 6.02. The minimum Gasteiger partial charge on any atom is -0.393 e. The van der Waals surface area contributed by atoms with Gasteiger partial charge in [-0.25, -0.2) is 5.84 Å². The molecule has 0 aliphatic heterocycles. The molecule has 1 heterocycles. The van der Waals surface area contributed by atoms with Gasteiger partial charge in [-0.1, -0.05) is 13.8 Å². The fourth-order valence-corrected chi connectivity index (χ4v) is 2.65. The zero-order valence-corrected chi connectivity index (χ0v) is 13.2. The molecule has 0 bridgehead atoms. The Hall–Kier alpha value is -2.08. The molecule has 22 heavy (non-hydrogen) atoms. The average Bonchev–Trinajstić information content (AvgIpc) is 2.48. The zero-order valence-electron chi connectivity index (χ0n) is 13.2. The number of aromatic nitrogens is 1. The van der Waals surface area contributed by atoms with E-state index in [1.54, 1.807) is 29.5 Å². The van der Waals surface area contributed by atoms with Gasteiger partial charge in [0.15, 0.2) is 0 Å². The van der Waals surface area contributed by atoms with E-state index in [2.05, 4.69) is 24.1 Å². The van der Waals surface area contributed by atoms with E-state index in [-0.39, 0.29) is 17.6 Å². The number of amides is 1. The maximum atomic E-state index is 12.0. The number of hydrogen-bond acceptors (Lipinski definition) is 5. The molecule has 1 fully saturated rings. The lowest BCUT2D eigenvalue weighted by Gasteiger charge is -2.37. The third kappa shape index (κ3) is 4.46. The Bertz CT molecular complexity index is 531. The van der Waals surface area contributed by atoms with E-state index in [1.807, 2.05) is 0 Å². The Morgan fingerprint density at radius 1 is 1.45 bits per heavy atom. The molecule has 0 unspecified atom stereocenters. The molecule has 1 amide bonds. The lowest BCUT2D eigenvalue weighted by Crippen LogP contribution is -2.41. The first-order valence-corrected chi connectivity index (χ1v) is 7.59. The normalized spacial score (nSPS) is 18.8.